The highest BCUT2D eigenvalue weighted by Gasteiger charge is 2.34. The lowest BCUT2D eigenvalue weighted by molar-refractivity contribution is 0.122. The third-order valence-corrected chi connectivity index (χ3v) is 7.83. The van der Waals surface area contributed by atoms with Crippen LogP contribution >= 0.6 is 0 Å². The van der Waals surface area contributed by atoms with Gasteiger partial charge >= 0.3 is 0 Å². The summed E-state index contributed by atoms with van der Waals surface area (Å²) in [6.07, 6.45) is 2.09. The molecule has 0 aromatic heterocycles. The minimum atomic E-state index is -0.509. The molecule has 2 heterocycles. The average molecular weight is 552 g/mol. The first-order valence-electron chi connectivity index (χ1n) is 14.4. The van der Waals surface area contributed by atoms with E-state index in [1.807, 2.05) is 24.8 Å². The monoisotopic (exact) mass is 551 g/mol. The van der Waals surface area contributed by atoms with Crippen LogP contribution in [-0.4, -0.2) is 63.9 Å². The topological polar surface area (TPSA) is 67.3 Å². The summed E-state index contributed by atoms with van der Waals surface area (Å²) in [7, 11) is 1.75. The molecule has 1 saturated heterocycles. The number of nitrogens with zero attached hydrogens (tertiary/aromatic N) is 2. The van der Waals surface area contributed by atoms with E-state index in [1.165, 1.54) is 11.1 Å². The summed E-state index contributed by atoms with van der Waals surface area (Å²) < 4.78 is 38.7. The molecule has 1 N–H and O–H groups in total. The molecule has 0 atom stereocenters. The number of benzene rings is 2. The number of hydrogen-bond donors (Lipinski definition) is 1. The molecule has 3 aliphatic rings. The molecule has 0 amide bonds. The molecule has 0 unspecified atom stereocenters. The Morgan fingerprint density at radius 3 is 2.33 bits per heavy atom. The van der Waals surface area contributed by atoms with E-state index < -0.39 is 5.82 Å². The molecular weight excluding hydrogens is 509 g/mol. The fourth-order valence-corrected chi connectivity index (χ4v) is 5.72. The molecule has 40 heavy (non-hydrogen) atoms. The molecule has 0 bridgehead atoms. The zero-order valence-corrected chi connectivity index (χ0v) is 24.7. The van der Waals surface area contributed by atoms with Crippen molar-refractivity contribution in [2.75, 3.05) is 58.1 Å². The van der Waals surface area contributed by atoms with Gasteiger partial charge in [0.05, 0.1) is 44.8 Å². The number of fused-ring (bicyclic) bond motifs is 1. The first-order valence-corrected chi connectivity index (χ1v) is 14.4. The smallest absolute Gasteiger partial charge is 0.197 e. The van der Waals surface area contributed by atoms with E-state index in [0.717, 1.165) is 54.1 Å². The Morgan fingerprint density at radius 1 is 1.02 bits per heavy atom. The molecule has 0 spiro atoms. The van der Waals surface area contributed by atoms with Crippen LogP contribution in [0.3, 0.4) is 0 Å². The normalized spacial score (nSPS) is 16.8. The molecule has 8 heteroatoms. The molecule has 2 aromatic carbocycles. The summed E-state index contributed by atoms with van der Waals surface area (Å²) in [5.74, 6) is 1.08. The molecule has 1 saturated carbocycles. The van der Waals surface area contributed by atoms with Crippen LogP contribution < -0.4 is 19.1 Å². The largest absolute Gasteiger partial charge is 0.494 e. The Kier molecular flexibility index (Phi) is 8.00. The van der Waals surface area contributed by atoms with Gasteiger partial charge in [-0.3, -0.25) is 5.41 Å². The van der Waals surface area contributed by atoms with Gasteiger partial charge in [-0.05, 0) is 67.0 Å². The second-order valence-electron chi connectivity index (χ2n) is 11.6. The molecule has 7 nitrogen and oxygen atoms in total. The van der Waals surface area contributed by atoms with Crippen LogP contribution in [0.4, 0.5) is 10.1 Å². The number of ether oxygens (including phenoxy) is 4. The van der Waals surface area contributed by atoms with Gasteiger partial charge in [0.1, 0.15) is 11.6 Å². The predicted molar refractivity (Wildman–Crippen MR) is 157 cm³/mol. The second-order valence-corrected chi connectivity index (χ2v) is 11.6. The lowest BCUT2D eigenvalue weighted by Gasteiger charge is -2.34. The Morgan fingerprint density at radius 2 is 1.73 bits per heavy atom. The van der Waals surface area contributed by atoms with Crippen molar-refractivity contribution in [1.29, 1.82) is 5.41 Å². The number of hydrogen-bond acceptors (Lipinski definition) is 6. The van der Waals surface area contributed by atoms with Crippen LogP contribution in [-0.2, 0) is 16.7 Å². The molecule has 2 aliphatic heterocycles. The van der Waals surface area contributed by atoms with E-state index in [-0.39, 0.29) is 17.0 Å². The quantitative estimate of drug-likeness (QED) is 0.403. The standard InChI is InChI=1S/C32H42FN3O4/c1-7-39-26-17-22-18-36(31(34)27(22)28(33)30(26)40-8-2)19-23(20-9-10-20)21-15-24(32(3,4)5)29(37-6)25(16-21)35-11-13-38-14-12-35/h15-17,34H,7-14,18-19H2,1-6H3. The van der Waals surface area contributed by atoms with Crippen molar-refractivity contribution in [3.63, 3.8) is 0 Å². The molecule has 0 radical (unpaired) electrons. The lowest BCUT2D eigenvalue weighted by Crippen LogP contribution is -2.37. The van der Waals surface area contributed by atoms with Crippen molar-refractivity contribution in [1.82, 2.24) is 4.90 Å². The van der Waals surface area contributed by atoms with Crippen molar-refractivity contribution in [2.24, 2.45) is 0 Å². The van der Waals surface area contributed by atoms with Crippen LogP contribution in [0.15, 0.2) is 23.8 Å². The van der Waals surface area contributed by atoms with Gasteiger partial charge in [-0.1, -0.05) is 26.3 Å². The maximum Gasteiger partial charge on any atom is 0.197 e. The fourth-order valence-electron chi connectivity index (χ4n) is 5.72. The number of halogens is 1. The van der Waals surface area contributed by atoms with Gasteiger partial charge in [-0.2, -0.15) is 0 Å². The van der Waals surface area contributed by atoms with Crippen molar-refractivity contribution in [3.8, 4) is 17.2 Å². The first kappa shape index (κ1) is 28.3. The molecule has 1 aliphatic carbocycles. The van der Waals surface area contributed by atoms with Gasteiger partial charge in [0.15, 0.2) is 17.3 Å². The molecule has 5 rings (SSSR count). The Labute approximate surface area is 237 Å². The summed E-state index contributed by atoms with van der Waals surface area (Å²) in [6, 6.07) is 6.35. The molecule has 2 aromatic rings. The minimum absolute atomic E-state index is 0.0931. The number of anilines is 1. The van der Waals surface area contributed by atoms with Gasteiger partial charge in [-0.15, -0.1) is 0 Å². The number of nitrogens with one attached hydrogen (secondary N) is 1. The average Bonchev–Trinajstić information content (AvgIpc) is 3.72. The third-order valence-electron chi connectivity index (χ3n) is 7.83. The van der Waals surface area contributed by atoms with Crippen LogP contribution in [0, 0.1) is 11.2 Å². The molecule has 216 valence electrons. The van der Waals surface area contributed by atoms with E-state index in [0.29, 0.717) is 50.8 Å². The summed E-state index contributed by atoms with van der Waals surface area (Å²) in [5.41, 5.74) is 6.94. The first-order chi connectivity index (χ1) is 19.2. The maximum atomic E-state index is 15.7. The summed E-state index contributed by atoms with van der Waals surface area (Å²) in [4.78, 5) is 4.32. The zero-order valence-electron chi connectivity index (χ0n) is 24.7. The van der Waals surface area contributed by atoms with Crippen molar-refractivity contribution < 1.29 is 23.3 Å². The second kappa shape index (κ2) is 11.3. The van der Waals surface area contributed by atoms with Crippen LogP contribution in [0.25, 0.3) is 5.57 Å². The highest BCUT2D eigenvalue weighted by Crippen LogP contribution is 2.46. The number of amidine groups is 1. The van der Waals surface area contributed by atoms with E-state index in [4.69, 9.17) is 24.4 Å². The maximum absolute atomic E-state index is 15.7. The van der Waals surface area contributed by atoms with Crippen molar-refractivity contribution in [3.05, 3.63) is 51.8 Å². The number of methoxy groups -OCH3 is 1. The number of morpholine rings is 1. The summed E-state index contributed by atoms with van der Waals surface area (Å²) in [5, 5.41) is 8.98. The predicted octanol–water partition coefficient (Wildman–Crippen LogP) is 6.15. The lowest BCUT2D eigenvalue weighted by atomic mass is 9.83. The van der Waals surface area contributed by atoms with Gasteiger partial charge < -0.3 is 28.7 Å². The van der Waals surface area contributed by atoms with Gasteiger partial charge in [0.2, 0.25) is 0 Å². The van der Waals surface area contributed by atoms with Crippen LogP contribution in [0.2, 0.25) is 0 Å². The van der Waals surface area contributed by atoms with Crippen molar-refractivity contribution >= 4 is 17.1 Å². The van der Waals surface area contributed by atoms with Crippen LogP contribution in [0.5, 0.6) is 17.2 Å². The SMILES string of the molecule is CCOc1cc2c(c(F)c1OCC)C(=N)N(CC(=C1CC1)c1cc(N3CCOCC3)c(OC)c(C(C)(C)C)c1)C2. The number of allylic oxidation sites excluding steroid dienone is 1. The fraction of sp³-hybridized carbons (Fsp3) is 0.531. The van der Waals surface area contributed by atoms with Gasteiger partial charge in [0, 0.05) is 31.7 Å². The minimum Gasteiger partial charge on any atom is -0.494 e. The molecular formula is C32H42FN3O4. The Bertz CT molecular complexity index is 1320. The van der Waals surface area contributed by atoms with Crippen LogP contribution in [0.1, 0.15) is 69.7 Å². The number of rotatable bonds is 9. The van der Waals surface area contributed by atoms with Gasteiger partial charge in [0.25, 0.3) is 0 Å². The van der Waals surface area contributed by atoms with E-state index >= 15 is 4.39 Å². The zero-order chi connectivity index (χ0) is 28.6. The summed E-state index contributed by atoms with van der Waals surface area (Å²) >= 11 is 0. The third kappa shape index (κ3) is 5.38. The highest BCUT2D eigenvalue weighted by atomic mass is 19.1. The van der Waals surface area contributed by atoms with E-state index in [1.54, 1.807) is 7.11 Å². The van der Waals surface area contributed by atoms with Crippen molar-refractivity contribution in [2.45, 2.75) is 59.4 Å². The Balaban J connectivity index is 1.53. The van der Waals surface area contributed by atoms with Gasteiger partial charge in [-0.25, -0.2) is 4.39 Å². The summed E-state index contributed by atoms with van der Waals surface area (Å²) in [6.45, 7) is 15.0. The molecule has 2 fully saturated rings. The van der Waals surface area contributed by atoms with E-state index in [2.05, 4.69) is 37.8 Å². The highest BCUT2D eigenvalue weighted by molar-refractivity contribution is 6.02. The van der Waals surface area contributed by atoms with E-state index in [9.17, 15) is 0 Å². The Hall–Kier alpha value is -3.26.